The molecular formula is C39H49N5O5. The molecule has 5 rings (SSSR count). The number of rotatable bonds is 8. The van der Waals surface area contributed by atoms with E-state index >= 15 is 0 Å². The van der Waals surface area contributed by atoms with Crippen LogP contribution in [0.5, 0.6) is 5.75 Å². The number of urea groups is 1. The van der Waals surface area contributed by atoms with Crippen LogP contribution in [0, 0.1) is 5.92 Å². The van der Waals surface area contributed by atoms with Crippen molar-refractivity contribution < 1.29 is 24.2 Å². The second kappa shape index (κ2) is 17.2. The number of anilines is 2. The smallest absolute Gasteiger partial charge is 0.323 e. The molecule has 0 radical (unpaired) electrons. The summed E-state index contributed by atoms with van der Waals surface area (Å²) in [6.07, 6.45) is 5.91. The van der Waals surface area contributed by atoms with Crippen LogP contribution >= 0.6 is 0 Å². The van der Waals surface area contributed by atoms with Crippen LogP contribution in [0.1, 0.15) is 56.0 Å². The molecule has 3 aromatic carbocycles. The Bertz CT molecular complexity index is 1680. The number of fused-ring (bicyclic) bond motifs is 2. The SMILES string of the molecule is C[C@@H]1CN([C@H](C)CO)C(=O)c2cc(NC(=O)Nc3cccc4ccccc34)ccc2O[C@@H](C)CCCCO[C@H]1CN(C)Cc1ccncc1. The molecule has 1 aromatic heterocycles. The zero-order chi connectivity index (χ0) is 34.8. The van der Waals surface area contributed by atoms with Crippen molar-refractivity contribution in [2.24, 2.45) is 5.92 Å². The fraction of sp³-hybridized carbons (Fsp3) is 0.410. The Labute approximate surface area is 289 Å². The molecule has 10 nitrogen and oxygen atoms in total. The highest BCUT2D eigenvalue weighted by Gasteiger charge is 2.30. The number of aliphatic hydroxyl groups is 1. The Morgan fingerprint density at radius 1 is 1.04 bits per heavy atom. The predicted molar refractivity (Wildman–Crippen MR) is 194 cm³/mol. The van der Waals surface area contributed by atoms with Crippen molar-refractivity contribution in [1.82, 2.24) is 14.8 Å². The molecule has 0 saturated heterocycles. The molecule has 3 N–H and O–H groups in total. The fourth-order valence-electron chi connectivity index (χ4n) is 6.25. The Morgan fingerprint density at radius 2 is 1.82 bits per heavy atom. The van der Waals surface area contributed by atoms with Gasteiger partial charge in [0.2, 0.25) is 0 Å². The molecule has 0 saturated carbocycles. The lowest BCUT2D eigenvalue weighted by Crippen LogP contribution is -2.47. The van der Waals surface area contributed by atoms with E-state index in [0.717, 1.165) is 42.1 Å². The van der Waals surface area contributed by atoms with Crippen LogP contribution in [-0.2, 0) is 11.3 Å². The standard InChI is InChI=1S/C39H49N5O5/c1-27-23-44(28(2)26-45)38(46)34-22-32(41-39(47)42-35-14-9-12-31-11-5-6-13-33(31)35)15-16-36(34)49-29(3)10-7-8-21-48-37(27)25-43(4)24-30-17-19-40-20-18-30/h5-6,9,11-20,22,27-29,37,45H,7-8,10,21,23-26H2,1-4H3,(H2,41,42,47)/t27-,28-,29+,37+/m1/s1. The minimum absolute atomic E-state index is 0.0446. The predicted octanol–water partition coefficient (Wildman–Crippen LogP) is 6.81. The number of carbonyl (C=O) groups is 2. The number of nitrogens with one attached hydrogen (secondary N) is 2. The lowest BCUT2D eigenvalue weighted by molar-refractivity contribution is -0.0177. The maximum atomic E-state index is 14.5. The molecule has 2 heterocycles. The quantitative estimate of drug-likeness (QED) is 0.189. The highest BCUT2D eigenvalue weighted by Crippen LogP contribution is 2.29. The maximum absolute atomic E-state index is 14.5. The molecule has 4 aromatic rings. The van der Waals surface area contributed by atoms with Crippen molar-refractivity contribution >= 4 is 34.1 Å². The third-order valence-electron chi connectivity index (χ3n) is 9.04. The van der Waals surface area contributed by atoms with Gasteiger partial charge in [-0.1, -0.05) is 43.3 Å². The van der Waals surface area contributed by atoms with Crippen LogP contribution in [0.3, 0.4) is 0 Å². The number of benzene rings is 3. The van der Waals surface area contributed by atoms with Gasteiger partial charge < -0.3 is 30.1 Å². The number of pyridine rings is 1. The molecule has 1 aliphatic rings. The third-order valence-corrected chi connectivity index (χ3v) is 9.04. The van der Waals surface area contributed by atoms with Crippen molar-refractivity contribution in [1.29, 1.82) is 0 Å². The van der Waals surface area contributed by atoms with E-state index in [2.05, 4.69) is 34.5 Å². The van der Waals surface area contributed by atoms with Crippen molar-refractivity contribution in [2.75, 3.05) is 44.0 Å². The molecule has 0 unspecified atom stereocenters. The van der Waals surface area contributed by atoms with E-state index in [0.29, 0.717) is 42.4 Å². The van der Waals surface area contributed by atoms with E-state index in [1.165, 1.54) is 0 Å². The van der Waals surface area contributed by atoms with Gasteiger partial charge in [-0.2, -0.15) is 0 Å². The number of aliphatic hydroxyl groups excluding tert-OH is 1. The lowest BCUT2D eigenvalue weighted by Gasteiger charge is -2.36. The van der Waals surface area contributed by atoms with Gasteiger partial charge in [0.15, 0.2) is 0 Å². The average molecular weight is 668 g/mol. The number of hydrogen-bond donors (Lipinski definition) is 3. The molecule has 0 bridgehead atoms. The summed E-state index contributed by atoms with van der Waals surface area (Å²) in [6, 6.07) is 21.9. The summed E-state index contributed by atoms with van der Waals surface area (Å²) < 4.78 is 12.8. The number of aromatic nitrogens is 1. The molecule has 49 heavy (non-hydrogen) atoms. The number of amides is 3. The van der Waals surface area contributed by atoms with Crippen molar-refractivity contribution in [3.8, 4) is 5.75 Å². The van der Waals surface area contributed by atoms with Gasteiger partial charge in [-0.05, 0) is 87.5 Å². The third kappa shape index (κ3) is 9.78. The van der Waals surface area contributed by atoms with Gasteiger partial charge >= 0.3 is 6.03 Å². The highest BCUT2D eigenvalue weighted by molar-refractivity contribution is 6.07. The van der Waals surface area contributed by atoms with Gasteiger partial charge in [0.05, 0.1) is 36.1 Å². The van der Waals surface area contributed by atoms with Gasteiger partial charge in [0.1, 0.15) is 5.75 Å². The van der Waals surface area contributed by atoms with E-state index in [9.17, 15) is 14.7 Å². The normalized spacial score (nSPS) is 19.8. The summed E-state index contributed by atoms with van der Waals surface area (Å²) in [6.45, 7) is 8.12. The van der Waals surface area contributed by atoms with E-state index in [-0.39, 0.29) is 30.6 Å². The van der Waals surface area contributed by atoms with Crippen LogP contribution in [-0.4, -0.2) is 83.4 Å². The summed E-state index contributed by atoms with van der Waals surface area (Å²) in [5.41, 5.74) is 2.62. The Hall–Kier alpha value is -4.51. The van der Waals surface area contributed by atoms with Crippen molar-refractivity contribution in [3.05, 3.63) is 96.3 Å². The van der Waals surface area contributed by atoms with E-state index in [1.54, 1.807) is 35.5 Å². The first-order valence-corrected chi connectivity index (χ1v) is 17.2. The number of likely N-dealkylation sites (N-methyl/N-ethyl adjacent to an activating group) is 1. The summed E-state index contributed by atoms with van der Waals surface area (Å²) in [5.74, 6) is 0.119. The van der Waals surface area contributed by atoms with Crippen molar-refractivity contribution in [3.63, 3.8) is 0 Å². The zero-order valence-electron chi connectivity index (χ0n) is 29.0. The number of nitrogens with zero attached hydrogens (tertiary/aromatic N) is 3. The maximum Gasteiger partial charge on any atom is 0.323 e. The van der Waals surface area contributed by atoms with E-state index in [1.807, 2.05) is 68.4 Å². The van der Waals surface area contributed by atoms with Crippen molar-refractivity contribution in [2.45, 2.75) is 64.8 Å². The fourth-order valence-corrected chi connectivity index (χ4v) is 6.25. The molecule has 0 spiro atoms. The van der Waals surface area contributed by atoms with Gasteiger partial charge in [-0.15, -0.1) is 0 Å². The van der Waals surface area contributed by atoms with Crippen LogP contribution in [0.25, 0.3) is 10.8 Å². The molecule has 1 aliphatic heterocycles. The molecular weight excluding hydrogens is 618 g/mol. The molecule has 10 heteroatoms. The Kier molecular flexibility index (Phi) is 12.6. The Morgan fingerprint density at radius 3 is 2.61 bits per heavy atom. The number of carbonyl (C=O) groups excluding carboxylic acids is 2. The summed E-state index contributed by atoms with van der Waals surface area (Å²) in [5, 5.41) is 18.1. The van der Waals surface area contributed by atoms with Gasteiger partial charge in [-0.25, -0.2) is 4.79 Å². The van der Waals surface area contributed by atoms with Crippen LogP contribution in [0.2, 0.25) is 0 Å². The monoisotopic (exact) mass is 667 g/mol. The minimum Gasteiger partial charge on any atom is -0.490 e. The topological polar surface area (TPSA) is 116 Å². The van der Waals surface area contributed by atoms with Gasteiger partial charge in [0.25, 0.3) is 5.91 Å². The molecule has 4 atom stereocenters. The van der Waals surface area contributed by atoms with Crippen LogP contribution in [0.4, 0.5) is 16.2 Å². The second-order valence-electron chi connectivity index (χ2n) is 13.2. The van der Waals surface area contributed by atoms with E-state index in [4.69, 9.17) is 9.47 Å². The van der Waals surface area contributed by atoms with Crippen LogP contribution in [0.15, 0.2) is 85.2 Å². The Balaban J connectivity index is 1.39. The largest absolute Gasteiger partial charge is 0.490 e. The van der Waals surface area contributed by atoms with Gasteiger partial charge in [-0.3, -0.25) is 14.7 Å². The summed E-state index contributed by atoms with van der Waals surface area (Å²) >= 11 is 0. The molecule has 260 valence electrons. The first-order valence-electron chi connectivity index (χ1n) is 17.2. The first kappa shape index (κ1) is 35.8. The molecule has 3 amide bonds. The molecule has 0 fully saturated rings. The number of hydrogen-bond acceptors (Lipinski definition) is 7. The highest BCUT2D eigenvalue weighted by atomic mass is 16.5. The second-order valence-corrected chi connectivity index (χ2v) is 13.2. The minimum atomic E-state index is -0.463. The van der Waals surface area contributed by atoms with Gasteiger partial charge in [0, 0.05) is 55.6 Å². The average Bonchev–Trinajstić information content (AvgIpc) is 3.10. The number of ether oxygens (including phenoxy) is 2. The first-order chi connectivity index (χ1) is 23.7. The van der Waals surface area contributed by atoms with E-state index < -0.39 is 12.1 Å². The molecule has 0 aliphatic carbocycles. The lowest BCUT2D eigenvalue weighted by atomic mass is 10.0. The summed E-state index contributed by atoms with van der Waals surface area (Å²) in [4.78, 5) is 35.7. The zero-order valence-corrected chi connectivity index (χ0v) is 29.0. The summed E-state index contributed by atoms with van der Waals surface area (Å²) in [7, 11) is 2.07. The van der Waals surface area contributed by atoms with Crippen LogP contribution < -0.4 is 15.4 Å².